The molecule has 1 fully saturated rings. The van der Waals surface area contributed by atoms with Crippen molar-refractivity contribution in [3.63, 3.8) is 0 Å². The molecule has 2 aromatic rings. The van der Waals surface area contributed by atoms with Crippen LogP contribution in [0, 0.1) is 12.8 Å². The SMILES string of the molecule is COC(=O)[C@@H]1C[C@H](NC(=O)O[C@@H](C)C(F)(F)F)CN(c2nc(C)cc(Nc3ccn[nH]3)n2)C1. The molecule has 0 aliphatic carbocycles. The molecule has 180 valence electrons. The highest BCUT2D eigenvalue weighted by Gasteiger charge is 2.40. The summed E-state index contributed by atoms with van der Waals surface area (Å²) in [7, 11) is 1.23. The summed E-state index contributed by atoms with van der Waals surface area (Å²) in [6.07, 6.45) is -6.47. The first-order valence-electron chi connectivity index (χ1n) is 10.0. The molecule has 0 unspecified atom stereocenters. The summed E-state index contributed by atoms with van der Waals surface area (Å²) >= 11 is 0. The van der Waals surface area contributed by atoms with Crippen molar-refractivity contribution in [3.05, 3.63) is 24.0 Å². The Balaban J connectivity index is 1.77. The van der Waals surface area contributed by atoms with E-state index in [0.717, 1.165) is 6.92 Å². The Morgan fingerprint density at radius 3 is 2.70 bits per heavy atom. The number of hydrogen-bond acceptors (Lipinski definition) is 9. The molecule has 1 amide bonds. The lowest BCUT2D eigenvalue weighted by Gasteiger charge is -2.37. The lowest BCUT2D eigenvalue weighted by molar-refractivity contribution is -0.197. The van der Waals surface area contributed by atoms with Crippen LogP contribution in [0.4, 0.5) is 35.5 Å². The van der Waals surface area contributed by atoms with Gasteiger partial charge in [0.25, 0.3) is 0 Å². The van der Waals surface area contributed by atoms with E-state index in [9.17, 15) is 22.8 Å². The summed E-state index contributed by atoms with van der Waals surface area (Å²) in [5, 5.41) is 12.0. The van der Waals surface area contributed by atoms with Crippen LogP contribution in [-0.4, -0.2) is 70.7 Å². The van der Waals surface area contributed by atoms with Crippen molar-refractivity contribution >= 4 is 29.6 Å². The number of halogens is 3. The average molecular weight is 471 g/mol. The Morgan fingerprint density at radius 2 is 2.06 bits per heavy atom. The van der Waals surface area contributed by atoms with Gasteiger partial charge >= 0.3 is 18.2 Å². The van der Waals surface area contributed by atoms with E-state index in [1.54, 1.807) is 30.2 Å². The van der Waals surface area contributed by atoms with E-state index in [0.29, 0.717) is 17.3 Å². The van der Waals surface area contributed by atoms with E-state index in [2.05, 4.69) is 35.5 Å². The van der Waals surface area contributed by atoms with Gasteiger partial charge in [0, 0.05) is 30.9 Å². The number of carbonyl (C=O) groups excluding carboxylic acids is 2. The number of piperidine rings is 1. The van der Waals surface area contributed by atoms with Crippen molar-refractivity contribution in [2.75, 3.05) is 30.4 Å². The second-order valence-electron chi connectivity index (χ2n) is 7.58. The zero-order valence-corrected chi connectivity index (χ0v) is 18.1. The number of nitrogens with zero attached hydrogens (tertiary/aromatic N) is 4. The topological polar surface area (TPSA) is 134 Å². The molecule has 3 rings (SSSR count). The number of carbonyl (C=O) groups is 2. The van der Waals surface area contributed by atoms with Crippen LogP contribution in [0.25, 0.3) is 0 Å². The van der Waals surface area contributed by atoms with E-state index < -0.39 is 36.3 Å². The van der Waals surface area contributed by atoms with Crippen molar-refractivity contribution in [1.29, 1.82) is 0 Å². The van der Waals surface area contributed by atoms with Gasteiger partial charge in [-0.25, -0.2) is 9.78 Å². The maximum atomic E-state index is 12.7. The standard InChI is InChI=1S/C19H24F3N7O4/c1-10-6-15(26-14-4-5-23-28-14)27-17(24-10)29-8-12(16(30)32-3)7-13(9-29)25-18(31)33-11(2)19(20,21)22/h4-6,11-13H,7-9H2,1-3H3,(H,25,31)(H2,23,24,26,27,28)/t11-,12+,13-/m0/s1. The maximum absolute atomic E-state index is 12.7. The largest absolute Gasteiger partial charge is 0.469 e. The van der Waals surface area contributed by atoms with Crippen molar-refractivity contribution in [1.82, 2.24) is 25.5 Å². The molecule has 14 heteroatoms. The van der Waals surface area contributed by atoms with Crippen molar-refractivity contribution < 1.29 is 32.2 Å². The number of alkyl halides is 3. The second-order valence-corrected chi connectivity index (χ2v) is 7.58. The van der Waals surface area contributed by atoms with Gasteiger partial charge in [-0.2, -0.15) is 23.3 Å². The molecular weight excluding hydrogens is 447 g/mol. The maximum Gasteiger partial charge on any atom is 0.425 e. The molecule has 1 aliphatic rings. The van der Waals surface area contributed by atoms with Gasteiger partial charge in [0.05, 0.1) is 25.3 Å². The lowest BCUT2D eigenvalue weighted by Crippen LogP contribution is -2.53. The lowest BCUT2D eigenvalue weighted by atomic mass is 9.94. The molecule has 2 aromatic heterocycles. The molecule has 0 spiro atoms. The van der Waals surface area contributed by atoms with E-state index in [1.807, 2.05) is 0 Å². The fourth-order valence-corrected chi connectivity index (χ4v) is 3.35. The van der Waals surface area contributed by atoms with Gasteiger partial charge in [-0.1, -0.05) is 0 Å². The summed E-state index contributed by atoms with van der Waals surface area (Å²) in [6, 6.07) is 2.71. The summed E-state index contributed by atoms with van der Waals surface area (Å²) in [6.45, 7) is 2.84. The fourth-order valence-electron chi connectivity index (χ4n) is 3.35. The molecule has 3 atom stereocenters. The van der Waals surface area contributed by atoms with Gasteiger partial charge in [0.2, 0.25) is 5.95 Å². The predicted octanol–water partition coefficient (Wildman–Crippen LogP) is 2.30. The minimum absolute atomic E-state index is 0.149. The first-order valence-corrected chi connectivity index (χ1v) is 10.0. The number of ether oxygens (including phenoxy) is 2. The Labute approximate surface area is 187 Å². The molecule has 0 saturated carbocycles. The zero-order valence-electron chi connectivity index (χ0n) is 18.1. The number of esters is 1. The van der Waals surface area contributed by atoms with Crippen LogP contribution in [0.5, 0.6) is 0 Å². The number of nitrogens with one attached hydrogen (secondary N) is 3. The molecule has 1 saturated heterocycles. The van der Waals surface area contributed by atoms with Crippen molar-refractivity contribution in [2.24, 2.45) is 5.92 Å². The molecule has 0 radical (unpaired) electrons. The normalized spacial score (nSPS) is 19.5. The number of rotatable bonds is 6. The number of aromatic amines is 1. The minimum atomic E-state index is -4.68. The van der Waals surface area contributed by atoms with Gasteiger partial charge < -0.3 is 25.0 Å². The molecule has 11 nitrogen and oxygen atoms in total. The first kappa shape index (κ1) is 24.1. The van der Waals surface area contributed by atoms with Crippen LogP contribution in [0.1, 0.15) is 19.0 Å². The number of amides is 1. The predicted molar refractivity (Wildman–Crippen MR) is 110 cm³/mol. The number of H-pyrrole nitrogens is 1. The Bertz CT molecular complexity index is 971. The van der Waals surface area contributed by atoms with Crippen LogP contribution in [0.3, 0.4) is 0 Å². The molecule has 1 aliphatic heterocycles. The highest BCUT2D eigenvalue weighted by atomic mass is 19.4. The van der Waals surface area contributed by atoms with E-state index in [4.69, 9.17) is 4.74 Å². The van der Waals surface area contributed by atoms with Gasteiger partial charge in [0.15, 0.2) is 6.10 Å². The number of aryl methyl sites for hydroxylation is 1. The summed E-state index contributed by atoms with van der Waals surface area (Å²) < 4.78 is 47.3. The summed E-state index contributed by atoms with van der Waals surface area (Å²) in [4.78, 5) is 34.8. The number of anilines is 3. The Hall–Kier alpha value is -3.58. The average Bonchev–Trinajstić information content (AvgIpc) is 3.24. The minimum Gasteiger partial charge on any atom is -0.469 e. The van der Waals surface area contributed by atoms with Gasteiger partial charge in [-0.15, -0.1) is 0 Å². The quantitative estimate of drug-likeness (QED) is 0.543. The second kappa shape index (κ2) is 9.92. The van der Waals surface area contributed by atoms with E-state index in [1.165, 1.54) is 7.11 Å². The highest BCUT2D eigenvalue weighted by Crippen LogP contribution is 2.25. The highest BCUT2D eigenvalue weighted by molar-refractivity contribution is 5.74. The third-order valence-electron chi connectivity index (χ3n) is 4.94. The van der Waals surface area contributed by atoms with Gasteiger partial charge in [-0.05, 0) is 20.3 Å². The third kappa shape index (κ3) is 6.46. The Kier molecular flexibility index (Phi) is 7.23. The smallest absolute Gasteiger partial charge is 0.425 e. The first-order chi connectivity index (χ1) is 15.5. The monoisotopic (exact) mass is 471 g/mol. The molecule has 0 bridgehead atoms. The fraction of sp³-hybridized carbons (Fsp3) is 0.526. The molecular formula is C19H24F3N7O4. The molecule has 3 N–H and O–H groups in total. The van der Waals surface area contributed by atoms with Crippen molar-refractivity contribution in [3.8, 4) is 0 Å². The van der Waals surface area contributed by atoms with Crippen LogP contribution in [-0.2, 0) is 14.3 Å². The summed E-state index contributed by atoms with van der Waals surface area (Å²) in [5.74, 6) is 0.153. The van der Waals surface area contributed by atoms with Crippen molar-refractivity contribution in [2.45, 2.75) is 38.6 Å². The number of methoxy groups -OCH3 is 1. The Morgan fingerprint density at radius 1 is 1.30 bits per heavy atom. The van der Waals surface area contributed by atoms with E-state index >= 15 is 0 Å². The third-order valence-corrected chi connectivity index (χ3v) is 4.94. The van der Waals surface area contributed by atoms with Crippen LogP contribution in [0.2, 0.25) is 0 Å². The zero-order chi connectivity index (χ0) is 24.2. The number of alkyl carbamates (subject to hydrolysis) is 1. The molecule has 33 heavy (non-hydrogen) atoms. The molecule has 3 heterocycles. The van der Waals surface area contributed by atoms with Gasteiger partial charge in [0.1, 0.15) is 11.6 Å². The van der Waals surface area contributed by atoms with Crippen LogP contribution < -0.4 is 15.5 Å². The van der Waals surface area contributed by atoms with Crippen LogP contribution >= 0.6 is 0 Å². The van der Waals surface area contributed by atoms with Crippen LogP contribution in [0.15, 0.2) is 18.3 Å². The summed E-state index contributed by atoms with van der Waals surface area (Å²) in [5.41, 5.74) is 0.630. The molecule has 0 aromatic carbocycles. The number of hydrogen-bond donors (Lipinski definition) is 3. The number of aromatic nitrogens is 4. The van der Waals surface area contributed by atoms with E-state index in [-0.39, 0.29) is 25.5 Å². The van der Waals surface area contributed by atoms with Gasteiger partial charge in [-0.3, -0.25) is 9.89 Å².